The maximum absolute atomic E-state index is 9.26. The Bertz CT molecular complexity index is 1290. The summed E-state index contributed by atoms with van der Waals surface area (Å²) in [5.74, 6) is 0.435. The summed E-state index contributed by atoms with van der Waals surface area (Å²) in [5, 5.41) is 13.5. The topological polar surface area (TPSA) is 80.3 Å². The van der Waals surface area contributed by atoms with Gasteiger partial charge in [-0.3, -0.25) is 0 Å². The van der Waals surface area contributed by atoms with Gasteiger partial charge in [-0.2, -0.15) is 9.67 Å². The zero-order valence-corrected chi connectivity index (χ0v) is 16.9. The van der Waals surface area contributed by atoms with Crippen LogP contribution in [0.5, 0.6) is 0 Å². The molecule has 0 saturated heterocycles. The lowest BCUT2D eigenvalue weighted by Gasteiger charge is -2.05. The van der Waals surface area contributed by atoms with Gasteiger partial charge in [0.05, 0.1) is 24.9 Å². The third kappa shape index (κ3) is 3.33. The van der Waals surface area contributed by atoms with Gasteiger partial charge >= 0.3 is 0 Å². The second-order valence-corrected chi connectivity index (χ2v) is 7.23. The number of aliphatic hydroxyl groups is 1. The number of nitrogens with zero attached hydrogens (tertiary/aromatic N) is 4. The zero-order valence-electron chi connectivity index (χ0n) is 16.9. The van der Waals surface area contributed by atoms with E-state index in [1.165, 1.54) is 0 Å². The Labute approximate surface area is 180 Å². The van der Waals surface area contributed by atoms with Crippen molar-refractivity contribution in [1.82, 2.24) is 9.78 Å². The average Bonchev–Trinajstić information content (AvgIpc) is 3.34. The third-order valence-electron chi connectivity index (χ3n) is 5.33. The van der Waals surface area contributed by atoms with Crippen molar-refractivity contribution in [1.29, 1.82) is 0 Å². The minimum absolute atomic E-state index is 0.0338. The zero-order chi connectivity index (χ0) is 21.2. The quantitative estimate of drug-likeness (QED) is 0.497. The molecule has 0 aliphatic carbocycles. The maximum atomic E-state index is 9.26. The number of fused-ring (bicyclic) bond motifs is 1. The molecule has 0 saturated carbocycles. The van der Waals surface area contributed by atoms with Crippen LogP contribution in [0, 0.1) is 0 Å². The maximum Gasteiger partial charge on any atom is 0.237 e. The molecule has 0 radical (unpaired) electrons. The van der Waals surface area contributed by atoms with Crippen molar-refractivity contribution in [2.24, 2.45) is 4.99 Å². The standard InChI is InChI=1S/C25H21N5O/c26-25-20(17-27-30(25)15-16-31)28-23-21-13-7-8-14-29(21)24(19-11-5-2-6-12-19)22(23)18-9-3-1-4-10-18/h1-14,17,26,31H,15-16H2/p+1. The van der Waals surface area contributed by atoms with Gasteiger partial charge in [0.15, 0.2) is 11.9 Å². The van der Waals surface area contributed by atoms with Gasteiger partial charge in [-0.25, -0.2) is 9.67 Å². The lowest BCUT2D eigenvalue weighted by molar-refractivity contribution is -0.577. The molecule has 0 fully saturated rings. The Balaban J connectivity index is 1.80. The molecule has 2 aromatic heterocycles. The predicted molar refractivity (Wildman–Crippen MR) is 122 cm³/mol. The monoisotopic (exact) mass is 408 g/mol. The highest BCUT2D eigenvalue weighted by Gasteiger charge is 2.38. The Morgan fingerprint density at radius 2 is 1.58 bits per heavy atom. The van der Waals surface area contributed by atoms with Crippen LogP contribution in [0.15, 0.2) is 96.2 Å². The van der Waals surface area contributed by atoms with Crippen LogP contribution in [0.25, 0.3) is 11.3 Å². The Morgan fingerprint density at radius 3 is 2.29 bits per heavy atom. The van der Waals surface area contributed by atoms with E-state index in [0.717, 1.165) is 33.8 Å². The summed E-state index contributed by atoms with van der Waals surface area (Å²) in [4.78, 5) is 4.98. The second kappa shape index (κ2) is 8.01. The normalized spacial score (nSPS) is 14.3. The number of aliphatic imine (C=N–C) groups is 1. The number of hydrogen-bond acceptors (Lipinski definition) is 4. The molecular formula is C25H22N5O+. The number of hydrogen-bond donors (Lipinski definition) is 2. The van der Waals surface area contributed by atoms with Crippen LogP contribution in [-0.2, 0) is 6.54 Å². The van der Waals surface area contributed by atoms with Crippen molar-refractivity contribution in [3.63, 3.8) is 0 Å². The molecule has 4 aromatic rings. The molecule has 5 rings (SSSR count). The first-order chi connectivity index (χ1) is 15.3. The van der Waals surface area contributed by atoms with Gasteiger partial charge in [-0.1, -0.05) is 48.5 Å². The number of nitrogen functional groups attached to an aromatic ring is 1. The summed E-state index contributed by atoms with van der Waals surface area (Å²) in [6, 6.07) is 26.7. The van der Waals surface area contributed by atoms with Crippen LogP contribution in [0.3, 0.4) is 0 Å². The predicted octanol–water partition coefficient (Wildman–Crippen LogP) is 3.30. The SMILES string of the molecule is Nc1c(/N=C2\C(c3ccccc3)=C(c3ccccc3)[n+]3ccccc32)cnn1CCO. The first-order valence-corrected chi connectivity index (χ1v) is 10.2. The smallest absolute Gasteiger partial charge is 0.237 e. The minimum Gasteiger partial charge on any atom is -0.394 e. The number of aliphatic hydroxyl groups excluding tert-OH is 1. The molecule has 3 heterocycles. The first kappa shape index (κ1) is 19.0. The van der Waals surface area contributed by atoms with Gasteiger partial charge in [0.1, 0.15) is 11.5 Å². The van der Waals surface area contributed by atoms with E-state index in [0.29, 0.717) is 18.1 Å². The van der Waals surface area contributed by atoms with Gasteiger partial charge in [-0.15, -0.1) is 0 Å². The molecule has 0 atom stereocenters. The average molecular weight is 408 g/mol. The number of rotatable bonds is 5. The minimum atomic E-state index is -0.0338. The highest BCUT2D eigenvalue weighted by Crippen LogP contribution is 2.35. The van der Waals surface area contributed by atoms with Gasteiger partial charge in [0, 0.05) is 17.7 Å². The molecule has 1 aliphatic heterocycles. The van der Waals surface area contributed by atoms with Crippen molar-refractivity contribution < 1.29 is 9.67 Å². The van der Waals surface area contributed by atoms with E-state index in [9.17, 15) is 5.11 Å². The number of anilines is 1. The molecule has 0 unspecified atom stereocenters. The van der Waals surface area contributed by atoms with Gasteiger partial charge in [-0.05, 0) is 23.8 Å². The highest BCUT2D eigenvalue weighted by atomic mass is 16.3. The van der Waals surface area contributed by atoms with E-state index in [-0.39, 0.29) is 6.61 Å². The largest absolute Gasteiger partial charge is 0.394 e. The Kier molecular flexibility index (Phi) is 4.90. The van der Waals surface area contributed by atoms with Crippen molar-refractivity contribution in [2.45, 2.75) is 6.54 Å². The second-order valence-electron chi connectivity index (χ2n) is 7.23. The molecule has 1 aliphatic rings. The summed E-state index contributed by atoms with van der Waals surface area (Å²) in [7, 11) is 0. The van der Waals surface area contributed by atoms with Crippen LogP contribution in [0.2, 0.25) is 0 Å². The van der Waals surface area contributed by atoms with E-state index >= 15 is 0 Å². The fraction of sp³-hybridized carbons (Fsp3) is 0.0800. The van der Waals surface area contributed by atoms with Crippen molar-refractivity contribution >= 4 is 28.5 Å². The first-order valence-electron chi connectivity index (χ1n) is 10.2. The van der Waals surface area contributed by atoms with E-state index in [1.807, 2.05) is 48.5 Å². The van der Waals surface area contributed by atoms with Crippen LogP contribution >= 0.6 is 0 Å². The number of pyridine rings is 1. The summed E-state index contributed by atoms with van der Waals surface area (Å²) in [6.45, 7) is 0.298. The third-order valence-corrected chi connectivity index (χ3v) is 5.33. The molecule has 0 amide bonds. The number of aromatic nitrogens is 3. The van der Waals surface area contributed by atoms with Gasteiger partial charge < -0.3 is 10.8 Å². The molecule has 0 spiro atoms. The number of allylic oxidation sites excluding steroid dienone is 1. The van der Waals surface area contributed by atoms with Crippen LogP contribution in [0.4, 0.5) is 11.5 Å². The van der Waals surface area contributed by atoms with E-state index in [1.54, 1.807) is 10.9 Å². The van der Waals surface area contributed by atoms with Crippen molar-refractivity contribution in [2.75, 3.05) is 12.3 Å². The van der Waals surface area contributed by atoms with Crippen LogP contribution < -0.4 is 10.3 Å². The summed E-state index contributed by atoms with van der Waals surface area (Å²) >= 11 is 0. The molecule has 6 heteroatoms. The Hall–Kier alpha value is -4.03. The number of nitrogens with two attached hydrogens (primary N) is 1. The molecule has 3 N–H and O–H groups in total. The molecule has 0 bridgehead atoms. The van der Waals surface area contributed by atoms with E-state index in [2.05, 4.69) is 46.2 Å². The van der Waals surface area contributed by atoms with Crippen LogP contribution in [0.1, 0.15) is 16.8 Å². The molecule has 6 nitrogen and oxygen atoms in total. The van der Waals surface area contributed by atoms with Gasteiger partial charge in [0.2, 0.25) is 11.4 Å². The van der Waals surface area contributed by atoms with Crippen LogP contribution in [-0.4, -0.2) is 27.2 Å². The van der Waals surface area contributed by atoms with Gasteiger partial charge in [0.25, 0.3) is 0 Å². The lowest BCUT2D eigenvalue weighted by atomic mass is 9.97. The Morgan fingerprint density at radius 1 is 0.903 bits per heavy atom. The molecule has 31 heavy (non-hydrogen) atoms. The lowest BCUT2D eigenvalue weighted by Crippen LogP contribution is -2.34. The van der Waals surface area contributed by atoms with Crippen molar-refractivity contribution in [3.05, 3.63) is 108 Å². The molecular weight excluding hydrogens is 386 g/mol. The summed E-state index contributed by atoms with van der Waals surface area (Å²) < 4.78 is 3.74. The fourth-order valence-corrected chi connectivity index (χ4v) is 3.93. The van der Waals surface area contributed by atoms with E-state index in [4.69, 9.17) is 10.7 Å². The summed E-state index contributed by atoms with van der Waals surface area (Å²) in [6.07, 6.45) is 3.70. The highest BCUT2D eigenvalue weighted by molar-refractivity contribution is 6.37. The van der Waals surface area contributed by atoms with E-state index < -0.39 is 0 Å². The fourth-order valence-electron chi connectivity index (χ4n) is 3.93. The number of benzene rings is 2. The molecule has 152 valence electrons. The van der Waals surface area contributed by atoms with Crippen molar-refractivity contribution in [3.8, 4) is 0 Å². The summed E-state index contributed by atoms with van der Waals surface area (Å²) in [5.41, 5.74) is 13.0. The molecule has 2 aromatic carbocycles.